The van der Waals surface area contributed by atoms with Crippen LogP contribution in [0.15, 0.2) is 76.0 Å². The minimum Gasteiger partial charge on any atom is -0.451 e. The van der Waals surface area contributed by atoms with Gasteiger partial charge in [-0.15, -0.1) is 0 Å². The molecule has 0 saturated heterocycles. The normalized spacial score (nSPS) is 12.9. The van der Waals surface area contributed by atoms with Crippen LogP contribution in [0.2, 0.25) is 0 Å². The van der Waals surface area contributed by atoms with Gasteiger partial charge in [0.15, 0.2) is 15.6 Å². The molecule has 1 N–H and O–H groups in total. The molecule has 0 aliphatic heterocycles. The van der Waals surface area contributed by atoms with Crippen molar-refractivity contribution in [3.63, 3.8) is 0 Å². The molecule has 0 spiro atoms. The molecule has 1 aromatic heterocycles. The number of sulfone groups is 1. The first-order valence-electron chi connectivity index (χ1n) is 8.85. The minimum absolute atomic E-state index is 0.242. The number of benzene rings is 3. The van der Waals surface area contributed by atoms with E-state index in [-0.39, 0.29) is 22.6 Å². The Balaban J connectivity index is 1.58. The van der Waals surface area contributed by atoms with E-state index >= 15 is 0 Å². The second-order valence-electron chi connectivity index (χ2n) is 6.85. The molecule has 1 heterocycles. The van der Waals surface area contributed by atoms with Crippen LogP contribution in [0.1, 0.15) is 29.1 Å². The summed E-state index contributed by atoms with van der Waals surface area (Å²) in [5, 5.41) is 5.91. The maximum Gasteiger partial charge on any atom is 0.287 e. The maximum atomic E-state index is 12.7. The minimum atomic E-state index is -3.25. The van der Waals surface area contributed by atoms with E-state index in [0.29, 0.717) is 5.58 Å². The van der Waals surface area contributed by atoms with Gasteiger partial charge in [-0.05, 0) is 47.5 Å². The first-order valence-corrected chi connectivity index (χ1v) is 10.7. The van der Waals surface area contributed by atoms with Crippen LogP contribution in [0.5, 0.6) is 0 Å². The van der Waals surface area contributed by atoms with Gasteiger partial charge in [-0.3, -0.25) is 4.79 Å². The Morgan fingerprint density at radius 1 is 0.964 bits per heavy atom. The van der Waals surface area contributed by atoms with Gasteiger partial charge >= 0.3 is 0 Å². The van der Waals surface area contributed by atoms with Gasteiger partial charge < -0.3 is 9.73 Å². The fraction of sp³-hybridized carbons (Fsp3) is 0.136. The molecular weight excluding hydrogens is 374 g/mol. The summed E-state index contributed by atoms with van der Waals surface area (Å²) < 4.78 is 28.9. The van der Waals surface area contributed by atoms with Crippen molar-refractivity contribution in [2.75, 3.05) is 6.26 Å². The lowest BCUT2D eigenvalue weighted by Crippen LogP contribution is -2.26. The zero-order chi connectivity index (χ0) is 19.9. The number of fused-ring (bicyclic) bond motifs is 3. The largest absolute Gasteiger partial charge is 0.451 e. The number of nitrogens with one attached hydrogen (secondary N) is 1. The average molecular weight is 393 g/mol. The Kier molecular flexibility index (Phi) is 4.43. The summed E-state index contributed by atoms with van der Waals surface area (Å²) in [7, 11) is -3.25. The summed E-state index contributed by atoms with van der Waals surface area (Å²) in [6, 6.07) is 19.7. The highest BCUT2D eigenvalue weighted by Gasteiger charge is 2.17. The van der Waals surface area contributed by atoms with Crippen LogP contribution in [0.3, 0.4) is 0 Å². The SMILES string of the molecule is C[C@@H](NC(=O)c1cc2c(ccc3ccccc32)o1)c1ccc(S(C)(=O)=O)cc1. The highest BCUT2D eigenvalue weighted by molar-refractivity contribution is 7.90. The van der Waals surface area contributed by atoms with Crippen molar-refractivity contribution in [1.82, 2.24) is 5.32 Å². The molecule has 1 atom stereocenters. The van der Waals surface area contributed by atoms with Gasteiger partial charge in [-0.25, -0.2) is 8.42 Å². The van der Waals surface area contributed by atoms with Crippen LogP contribution in [0, 0.1) is 0 Å². The number of furan rings is 1. The van der Waals surface area contributed by atoms with Crippen molar-refractivity contribution >= 4 is 37.5 Å². The summed E-state index contributed by atoms with van der Waals surface area (Å²) >= 11 is 0. The van der Waals surface area contributed by atoms with E-state index in [9.17, 15) is 13.2 Å². The smallest absolute Gasteiger partial charge is 0.287 e. The number of rotatable bonds is 4. The summed E-state index contributed by atoms with van der Waals surface area (Å²) in [5.74, 6) is -0.0778. The highest BCUT2D eigenvalue weighted by Crippen LogP contribution is 2.28. The standard InChI is InChI=1S/C22H19NO4S/c1-14(15-7-10-17(11-8-15)28(2,25)26)23-22(24)21-13-19-18-6-4-3-5-16(18)9-12-20(19)27-21/h3-14H,1-2H3,(H,23,24)/t14-/m1/s1. The summed E-state index contributed by atoms with van der Waals surface area (Å²) in [5.41, 5.74) is 1.47. The second-order valence-corrected chi connectivity index (χ2v) is 8.86. The zero-order valence-electron chi connectivity index (χ0n) is 15.5. The predicted molar refractivity (Wildman–Crippen MR) is 109 cm³/mol. The van der Waals surface area contributed by atoms with Crippen molar-refractivity contribution in [3.8, 4) is 0 Å². The van der Waals surface area contributed by atoms with Crippen molar-refractivity contribution < 1.29 is 17.6 Å². The first kappa shape index (κ1) is 18.3. The van der Waals surface area contributed by atoms with Crippen molar-refractivity contribution in [2.45, 2.75) is 17.9 Å². The summed E-state index contributed by atoms with van der Waals surface area (Å²) in [6.45, 7) is 1.84. The average Bonchev–Trinajstić information content (AvgIpc) is 3.12. The van der Waals surface area contributed by atoms with Crippen LogP contribution >= 0.6 is 0 Å². The molecule has 142 valence electrons. The van der Waals surface area contributed by atoms with E-state index < -0.39 is 9.84 Å². The second kappa shape index (κ2) is 6.80. The van der Waals surface area contributed by atoms with Gasteiger partial charge in [0.1, 0.15) is 5.58 Å². The van der Waals surface area contributed by atoms with Gasteiger partial charge in [0.25, 0.3) is 5.91 Å². The van der Waals surface area contributed by atoms with Gasteiger partial charge in [0.05, 0.1) is 10.9 Å². The predicted octanol–water partition coefficient (Wildman–Crippen LogP) is 4.48. The number of hydrogen-bond acceptors (Lipinski definition) is 4. The number of carbonyl (C=O) groups is 1. The Labute approximate surface area is 162 Å². The fourth-order valence-electron chi connectivity index (χ4n) is 3.26. The van der Waals surface area contributed by atoms with Crippen molar-refractivity contribution in [3.05, 3.63) is 78.1 Å². The molecule has 5 nitrogen and oxygen atoms in total. The van der Waals surface area contributed by atoms with Crippen molar-refractivity contribution in [2.24, 2.45) is 0 Å². The number of hydrogen-bond donors (Lipinski definition) is 1. The Bertz CT molecular complexity index is 1290. The molecule has 0 bridgehead atoms. The van der Waals surface area contributed by atoms with Gasteiger partial charge in [0.2, 0.25) is 0 Å². The molecule has 0 aliphatic carbocycles. The topological polar surface area (TPSA) is 76.4 Å². The lowest BCUT2D eigenvalue weighted by atomic mass is 10.1. The van der Waals surface area contributed by atoms with E-state index in [1.54, 1.807) is 30.3 Å². The Hall–Kier alpha value is -3.12. The Morgan fingerprint density at radius 3 is 2.39 bits per heavy atom. The molecule has 0 unspecified atom stereocenters. The summed E-state index contributed by atoms with van der Waals surface area (Å²) in [6.07, 6.45) is 1.17. The third-order valence-corrected chi connectivity index (χ3v) is 5.93. The lowest BCUT2D eigenvalue weighted by Gasteiger charge is -2.13. The molecule has 4 aromatic rings. The first-order chi connectivity index (χ1) is 13.3. The third-order valence-electron chi connectivity index (χ3n) is 4.81. The van der Waals surface area contributed by atoms with E-state index in [0.717, 1.165) is 21.7 Å². The number of carbonyl (C=O) groups excluding carboxylic acids is 1. The zero-order valence-corrected chi connectivity index (χ0v) is 16.3. The van der Waals surface area contributed by atoms with Gasteiger partial charge in [-0.1, -0.05) is 42.5 Å². The molecule has 0 fully saturated rings. The van der Waals surface area contributed by atoms with Crippen LogP contribution in [0.4, 0.5) is 0 Å². The highest BCUT2D eigenvalue weighted by atomic mass is 32.2. The molecule has 0 aliphatic rings. The molecule has 28 heavy (non-hydrogen) atoms. The van der Waals surface area contributed by atoms with Crippen LogP contribution in [-0.4, -0.2) is 20.6 Å². The van der Waals surface area contributed by atoms with Crippen molar-refractivity contribution in [1.29, 1.82) is 0 Å². The van der Waals surface area contributed by atoms with E-state index in [1.807, 2.05) is 43.3 Å². The molecule has 6 heteroatoms. The lowest BCUT2D eigenvalue weighted by molar-refractivity contribution is 0.0914. The van der Waals surface area contributed by atoms with Crippen LogP contribution < -0.4 is 5.32 Å². The van der Waals surface area contributed by atoms with E-state index in [4.69, 9.17) is 4.42 Å². The Morgan fingerprint density at radius 2 is 1.68 bits per heavy atom. The quantitative estimate of drug-likeness (QED) is 0.555. The van der Waals surface area contributed by atoms with Crippen LogP contribution in [-0.2, 0) is 9.84 Å². The van der Waals surface area contributed by atoms with Gasteiger partial charge in [0, 0.05) is 11.6 Å². The number of amides is 1. The molecule has 3 aromatic carbocycles. The van der Waals surface area contributed by atoms with E-state index in [2.05, 4.69) is 5.32 Å². The van der Waals surface area contributed by atoms with E-state index in [1.165, 1.54) is 6.26 Å². The third kappa shape index (κ3) is 3.39. The van der Waals surface area contributed by atoms with Crippen LogP contribution in [0.25, 0.3) is 21.7 Å². The molecule has 0 saturated carbocycles. The summed E-state index contributed by atoms with van der Waals surface area (Å²) in [4.78, 5) is 12.9. The molecule has 0 radical (unpaired) electrons. The molecular formula is C22H19NO4S. The maximum absolute atomic E-state index is 12.7. The van der Waals surface area contributed by atoms with Gasteiger partial charge in [-0.2, -0.15) is 0 Å². The molecule has 1 amide bonds. The molecule has 4 rings (SSSR count). The fourth-order valence-corrected chi connectivity index (χ4v) is 3.89. The monoisotopic (exact) mass is 393 g/mol.